The molecule has 0 aromatic heterocycles. The summed E-state index contributed by atoms with van der Waals surface area (Å²) in [5, 5.41) is 5.46. The molecule has 0 bridgehead atoms. The van der Waals surface area contributed by atoms with Crippen molar-refractivity contribution >= 4 is 23.8 Å². The first kappa shape index (κ1) is 27.7. The molecule has 0 saturated heterocycles. The van der Waals surface area contributed by atoms with Gasteiger partial charge in [0.05, 0.1) is 0 Å². The van der Waals surface area contributed by atoms with E-state index in [0.717, 1.165) is 0 Å². The van der Waals surface area contributed by atoms with Gasteiger partial charge in [-0.1, -0.05) is 24.1 Å². The number of nitrogens with zero attached hydrogens (tertiary/aromatic N) is 1. The number of primary amides is 1. The molecular weight excluding hydrogens is 448 g/mol. The Kier molecular flexibility index (Phi) is 9.29. The van der Waals surface area contributed by atoms with Crippen molar-refractivity contribution in [3.05, 3.63) is 35.4 Å². The lowest BCUT2D eigenvalue weighted by molar-refractivity contribution is -0.143. The Morgan fingerprint density at radius 3 is 2.31 bits per heavy atom. The van der Waals surface area contributed by atoms with Gasteiger partial charge in [-0.3, -0.25) is 14.4 Å². The van der Waals surface area contributed by atoms with Crippen LogP contribution in [-0.2, 0) is 19.1 Å². The van der Waals surface area contributed by atoms with Crippen LogP contribution in [-0.4, -0.2) is 52.4 Å². The van der Waals surface area contributed by atoms with Gasteiger partial charge >= 0.3 is 6.09 Å². The summed E-state index contributed by atoms with van der Waals surface area (Å²) in [7, 11) is 0. The summed E-state index contributed by atoms with van der Waals surface area (Å²) in [4.78, 5) is 52.8. The Bertz CT molecular complexity index is 988. The average Bonchev–Trinajstić information content (AvgIpc) is 3.57. The van der Waals surface area contributed by atoms with Gasteiger partial charge in [-0.15, -0.1) is 6.42 Å². The third kappa shape index (κ3) is 8.32. The predicted octanol–water partition coefficient (Wildman–Crippen LogP) is 2.38. The molecule has 35 heavy (non-hydrogen) atoms. The lowest BCUT2D eigenvalue weighted by atomic mass is 9.96. The van der Waals surface area contributed by atoms with E-state index in [0.29, 0.717) is 24.0 Å². The first-order valence-corrected chi connectivity index (χ1v) is 11.8. The molecule has 1 saturated carbocycles. The number of hydrogen-bond acceptors (Lipinski definition) is 5. The van der Waals surface area contributed by atoms with Crippen molar-refractivity contribution in [2.75, 3.05) is 0 Å². The highest BCUT2D eigenvalue weighted by Crippen LogP contribution is 2.37. The molecule has 1 fully saturated rings. The maximum Gasteiger partial charge on any atom is 0.408 e. The smallest absolute Gasteiger partial charge is 0.408 e. The van der Waals surface area contributed by atoms with Crippen LogP contribution in [0.5, 0.6) is 0 Å². The zero-order valence-corrected chi connectivity index (χ0v) is 21.1. The molecule has 1 aliphatic rings. The van der Waals surface area contributed by atoms with Crippen LogP contribution in [0.15, 0.2) is 24.3 Å². The van der Waals surface area contributed by atoms with Crippen LogP contribution in [0.3, 0.4) is 0 Å². The molecule has 1 aromatic rings. The number of alkyl carbamates (subject to hydrolysis) is 1. The molecule has 1 aromatic carbocycles. The van der Waals surface area contributed by atoms with Crippen molar-refractivity contribution in [1.29, 1.82) is 0 Å². The third-order valence-electron chi connectivity index (χ3n) is 5.23. The third-order valence-corrected chi connectivity index (χ3v) is 5.23. The number of benzene rings is 1. The topological polar surface area (TPSA) is 131 Å². The van der Waals surface area contributed by atoms with Crippen molar-refractivity contribution in [2.24, 2.45) is 5.73 Å². The van der Waals surface area contributed by atoms with E-state index in [1.54, 1.807) is 45.0 Å². The van der Waals surface area contributed by atoms with Crippen molar-refractivity contribution in [1.82, 2.24) is 15.5 Å². The highest BCUT2D eigenvalue weighted by Gasteiger charge is 2.44. The molecular formula is C26H36N4O5. The monoisotopic (exact) mass is 484 g/mol. The van der Waals surface area contributed by atoms with Crippen LogP contribution in [0, 0.1) is 12.3 Å². The minimum atomic E-state index is -1.12. The standard InChI is InChI=1S/C26H36N4O5/c1-7-17-10-8-9-11-19(17)22(23(32)28-16(2)3)30(18-12-13-18)24(33)20(14-15-21(27)31)29-25(34)35-26(4,5)6/h1,8-11,16,18,20,22H,12-15H2,2-6H3,(H2,27,31)(H,28,32)(H,29,34). The van der Waals surface area contributed by atoms with Gasteiger partial charge in [-0.05, 0) is 65.5 Å². The maximum atomic E-state index is 13.9. The largest absolute Gasteiger partial charge is 0.444 e. The van der Waals surface area contributed by atoms with E-state index in [9.17, 15) is 19.2 Å². The number of nitrogens with two attached hydrogens (primary N) is 1. The Balaban J connectivity index is 2.50. The second-order valence-corrected chi connectivity index (χ2v) is 9.98. The van der Waals surface area contributed by atoms with E-state index in [4.69, 9.17) is 16.9 Å². The van der Waals surface area contributed by atoms with Crippen LogP contribution in [0.25, 0.3) is 0 Å². The van der Waals surface area contributed by atoms with Crippen molar-refractivity contribution in [3.8, 4) is 12.3 Å². The molecule has 2 unspecified atom stereocenters. The van der Waals surface area contributed by atoms with E-state index < -0.39 is 35.6 Å². The summed E-state index contributed by atoms with van der Waals surface area (Å²) >= 11 is 0. The van der Waals surface area contributed by atoms with Gasteiger partial charge in [0.15, 0.2) is 0 Å². The average molecular weight is 485 g/mol. The summed E-state index contributed by atoms with van der Waals surface area (Å²) in [6.07, 6.45) is 6.14. The van der Waals surface area contributed by atoms with Gasteiger partial charge in [0.1, 0.15) is 17.7 Å². The number of nitrogens with one attached hydrogen (secondary N) is 2. The summed E-state index contributed by atoms with van der Waals surface area (Å²) in [6, 6.07) is 4.43. The molecule has 0 radical (unpaired) electrons. The maximum absolute atomic E-state index is 13.9. The van der Waals surface area contributed by atoms with Crippen LogP contribution in [0.1, 0.15) is 77.5 Å². The first-order chi connectivity index (χ1) is 16.3. The van der Waals surface area contributed by atoms with Gasteiger partial charge in [0.2, 0.25) is 17.7 Å². The van der Waals surface area contributed by atoms with Gasteiger partial charge in [0, 0.05) is 24.1 Å². The Morgan fingerprint density at radius 2 is 1.80 bits per heavy atom. The van der Waals surface area contributed by atoms with Gasteiger partial charge in [-0.2, -0.15) is 0 Å². The quantitative estimate of drug-likeness (QED) is 0.439. The highest BCUT2D eigenvalue weighted by molar-refractivity contribution is 5.93. The SMILES string of the molecule is C#Cc1ccccc1C(C(=O)NC(C)C)N(C(=O)C(CCC(N)=O)NC(=O)OC(C)(C)C)C1CC1. The van der Waals surface area contributed by atoms with E-state index in [2.05, 4.69) is 16.6 Å². The zero-order valence-electron chi connectivity index (χ0n) is 21.1. The molecule has 2 rings (SSSR count). The summed E-state index contributed by atoms with van der Waals surface area (Å²) in [5.74, 6) is 1.10. The molecule has 2 atom stereocenters. The highest BCUT2D eigenvalue weighted by atomic mass is 16.6. The summed E-state index contributed by atoms with van der Waals surface area (Å²) in [6.45, 7) is 8.75. The first-order valence-electron chi connectivity index (χ1n) is 11.8. The molecule has 1 aliphatic carbocycles. The molecule has 4 N–H and O–H groups in total. The van der Waals surface area contributed by atoms with E-state index in [-0.39, 0.29) is 30.8 Å². The van der Waals surface area contributed by atoms with E-state index in [1.807, 2.05) is 13.8 Å². The molecule has 9 heteroatoms. The predicted molar refractivity (Wildman–Crippen MR) is 132 cm³/mol. The second kappa shape index (κ2) is 11.7. The number of hydrogen-bond donors (Lipinski definition) is 3. The van der Waals surface area contributed by atoms with Crippen LogP contribution in [0.2, 0.25) is 0 Å². The van der Waals surface area contributed by atoms with Crippen LogP contribution >= 0.6 is 0 Å². The van der Waals surface area contributed by atoms with Gasteiger partial charge < -0.3 is 26.0 Å². The summed E-state index contributed by atoms with van der Waals surface area (Å²) in [5.41, 5.74) is 5.53. The number of carbonyl (C=O) groups is 4. The fourth-order valence-corrected chi connectivity index (χ4v) is 3.69. The number of terminal acetylenes is 1. The Labute approximate surface area is 207 Å². The van der Waals surface area contributed by atoms with E-state index in [1.165, 1.54) is 4.90 Å². The zero-order chi connectivity index (χ0) is 26.3. The lowest BCUT2D eigenvalue weighted by Crippen LogP contribution is -2.54. The molecule has 0 heterocycles. The fourth-order valence-electron chi connectivity index (χ4n) is 3.69. The van der Waals surface area contributed by atoms with E-state index >= 15 is 0 Å². The summed E-state index contributed by atoms with van der Waals surface area (Å²) < 4.78 is 5.32. The van der Waals surface area contributed by atoms with Crippen molar-refractivity contribution in [3.63, 3.8) is 0 Å². The molecule has 190 valence electrons. The fraction of sp³-hybridized carbons (Fsp3) is 0.538. The minimum Gasteiger partial charge on any atom is -0.444 e. The minimum absolute atomic E-state index is 0.0358. The molecule has 9 nitrogen and oxygen atoms in total. The number of amides is 4. The Hall–Kier alpha value is -3.54. The van der Waals surface area contributed by atoms with Gasteiger partial charge in [0.25, 0.3) is 0 Å². The second-order valence-electron chi connectivity index (χ2n) is 9.98. The molecule has 4 amide bonds. The number of ether oxygens (including phenoxy) is 1. The molecule has 0 aliphatic heterocycles. The van der Waals surface area contributed by atoms with Crippen LogP contribution < -0.4 is 16.4 Å². The lowest BCUT2D eigenvalue weighted by Gasteiger charge is -2.35. The molecule has 0 spiro atoms. The number of rotatable bonds is 10. The Morgan fingerprint density at radius 1 is 1.17 bits per heavy atom. The normalized spacial score (nSPS) is 14.9. The van der Waals surface area contributed by atoms with Gasteiger partial charge in [-0.25, -0.2) is 4.79 Å². The van der Waals surface area contributed by atoms with Crippen molar-refractivity contribution in [2.45, 2.75) is 90.1 Å². The number of carbonyl (C=O) groups excluding carboxylic acids is 4. The van der Waals surface area contributed by atoms with Crippen molar-refractivity contribution < 1.29 is 23.9 Å². The van der Waals surface area contributed by atoms with Crippen LogP contribution in [0.4, 0.5) is 4.79 Å².